The third-order valence-electron chi connectivity index (χ3n) is 5.28. The van der Waals surface area contributed by atoms with Crippen molar-refractivity contribution in [3.8, 4) is 23.1 Å². The first-order chi connectivity index (χ1) is 15.5. The molecule has 2 aromatic heterocycles. The molecule has 2 heterocycles. The van der Waals surface area contributed by atoms with Crippen LogP contribution in [0, 0.1) is 6.92 Å². The molecule has 1 aliphatic rings. The van der Waals surface area contributed by atoms with Crippen LogP contribution in [-0.2, 0) is 17.6 Å². The number of anilines is 1. The van der Waals surface area contributed by atoms with Gasteiger partial charge in [0.25, 0.3) is 0 Å². The average Bonchev–Trinajstić information content (AvgIpc) is 3.41. The number of hydrogen-bond acceptors (Lipinski definition) is 8. The molecule has 0 saturated heterocycles. The van der Waals surface area contributed by atoms with Crippen LogP contribution in [0.1, 0.15) is 23.4 Å². The quantitative estimate of drug-likeness (QED) is 0.408. The number of carbonyl (C=O) groups excluding carboxylic acids is 1. The predicted molar refractivity (Wildman–Crippen MR) is 121 cm³/mol. The van der Waals surface area contributed by atoms with Gasteiger partial charge in [-0.05, 0) is 31.7 Å². The summed E-state index contributed by atoms with van der Waals surface area (Å²) in [5, 5.41) is 8.21. The average molecular weight is 456 g/mol. The number of ether oxygens (including phenoxy) is 3. The lowest BCUT2D eigenvalue weighted by molar-refractivity contribution is -0.113. The van der Waals surface area contributed by atoms with Gasteiger partial charge in [0.1, 0.15) is 11.4 Å². The largest absolute Gasteiger partial charge is 0.493 e. The van der Waals surface area contributed by atoms with Crippen molar-refractivity contribution in [1.29, 1.82) is 0 Å². The van der Waals surface area contributed by atoms with E-state index in [0.717, 1.165) is 30.8 Å². The van der Waals surface area contributed by atoms with Gasteiger partial charge in [-0.3, -0.25) is 4.79 Å². The summed E-state index contributed by atoms with van der Waals surface area (Å²) < 4.78 is 17.9. The Kier molecular flexibility index (Phi) is 6.50. The van der Waals surface area contributed by atoms with E-state index in [9.17, 15) is 4.79 Å². The highest BCUT2D eigenvalue weighted by molar-refractivity contribution is 7.99. The van der Waals surface area contributed by atoms with Crippen molar-refractivity contribution in [2.45, 2.75) is 31.2 Å². The fraction of sp³-hybridized carbons (Fsp3) is 0.364. The number of aromatic nitrogens is 4. The van der Waals surface area contributed by atoms with Crippen LogP contribution in [0.3, 0.4) is 0 Å². The number of hydrogen-bond donors (Lipinski definition) is 1. The molecule has 1 aromatic carbocycles. The molecule has 0 bridgehead atoms. The number of thioether (sulfide) groups is 1. The van der Waals surface area contributed by atoms with E-state index in [1.54, 1.807) is 12.1 Å². The van der Waals surface area contributed by atoms with Gasteiger partial charge in [0.05, 0.1) is 32.8 Å². The highest BCUT2D eigenvalue weighted by Gasteiger charge is 2.22. The Morgan fingerprint density at radius 1 is 1.09 bits per heavy atom. The molecule has 9 nitrogen and oxygen atoms in total. The van der Waals surface area contributed by atoms with E-state index in [0.29, 0.717) is 28.0 Å². The number of carbonyl (C=O) groups is 1. The monoisotopic (exact) mass is 455 g/mol. The van der Waals surface area contributed by atoms with Gasteiger partial charge < -0.3 is 19.5 Å². The molecule has 0 unspecified atom stereocenters. The molecule has 4 rings (SSSR count). The molecular weight excluding hydrogens is 430 g/mol. The van der Waals surface area contributed by atoms with Crippen LogP contribution in [-0.4, -0.2) is 52.7 Å². The Balaban J connectivity index is 1.44. The molecule has 0 aliphatic heterocycles. The molecule has 32 heavy (non-hydrogen) atoms. The predicted octanol–water partition coefficient (Wildman–Crippen LogP) is 3.22. The zero-order valence-corrected chi connectivity index (χ0v) is 19.3. The fourth-order valence-electron chi connectivity index (χ4n) is 3.83. The maximum atomic E-state index is 12.5. The Bertz CT molecular complexity index is 1120. The number of aryl methyl sites for hydroxylation is 1. The lowest BCUT2D eigenvalue weighted by Gasteiger charge is -2.14. The molecule has 0 saturated carbocycles. The molecule has 3 aromatic rings. The highest BCUT2D eigenvalue weighted by Crippen LogP contribution is 2.40. The van der Waals surface area contributed by atoms with E-state index < -0.39 is 0 Å². The van der Waals surface area contributed by atoms with Crippen molar-refractivity contribution in [3.05, 3.63) is 41.5 Å². The van der Waals surface area contributed by atoms with Crippen LogP contribution in [0.5, 0.6) is 17.2 Å². The summed E-state index contributed by atoms with van der Waals surface area (Å²) in [5.74, 6) is 2.13. The van der Waals surface area contributed by atoms with Gasteiger partial charge in [0, 0.05) is 29.6 Å². The molecule has 168 valence electrons. The summed E-state index contributed by atoms with van der Waals surface area (Å²) in [6.07, 6.45) is 4.71. The molecule has 0 radical (unpaired) electrons. The Labute approximate surface area is 190 Å². The Hall–Kier alpha value is -3.27. The summed E-state index contributed by atoms with van der Waals surface area (Å²) in [7, 11) is 4.59. The Morgan fingerprint density at radius 3 is 2.53 bits per heavy atom. The molecular formula is C22H25N5O4S. The van der Waals surface area contributed by atoms with E-state index in [1.165, 1.54) is 50.7 Å². The van der Waals surface area contributed by atoms with Gasteiger partial charge in [0.15, 0.2) is 17.3 Å². The van der Waals surface area contributed by atoms with Crippen LogP contribution < -0.4 is 19.5 Å². The topological polar surface area (TPSA) is 100 Å². The number of methoxy groups -OCH3 is 3. The zero-order valence-electron chi connectivity index (χ0n) is 18.5. The third kappa shape index (κ3) is 4.36. The second-order valence-electron chi connectivity index (χ2n) is 7.24. The van der Waals surface area contributed by atoms with Crippen molar-refractivity contribution in [3.63, 3.8) is 0 Å². The van der Waals surface area contributed by atoms with E-state index in [1.807, 2.05) is 17.7 Å². The molecule has 10 heteroatoms. The van der Waals surface area contributed by atoms with Crippen LogP contribution in [0.2, 0.25) is 0 Å². The van der Waals surface area contributed by atoms with Gasteiger partial charge in [-0.2, -0.15) is 5.10 Å². The second kappa shape index (κ2) is 9.47. The maximum Gasteiger partial charge on any atom is 0.234 e. The minimum atomic E-state index is -0.180. The van der Waals surface area contributed by atoms with Gasteiger partial charge in [-0.1, -0.05) is 11.8 Å². The Morgan fingerprint density at radius 2 is 1.84 bits per heavy atom. The van der Waals surface area contributed by atoms with Crippen molar-refractivity contribution < 1.29 is 19.0 Å². The zero-order chi connectivity index (χ0) is 22.7. The van der Waals surface area contributed by atoms with Crippen molar-refractivity contribution in [2.24, 2.45) is 0 Å². The fourth-order valence-corrected chi connectivity index (χ4v) is 4.49. The first-order valence-electron chi connectivity index (χ1n) is 10.2. The lowest BCUT2D eigenvalue weighted by Crippen LogP contribution is -2.14. The number of nitrogens with one attached hydrogen (secondary N) is 1. The molecule has 0 fully saturated rings. The van der Waals surface area contributed by atoms with Crippen molar-refractivity contribution in [1.82, 2.24) is 19.7 Å². The highest BCUT2D eigenvalue weighted by atomic mass is 32.2. The molecule has 0 atom stereocenters. The number of nitrogens with zero attached hydrogens (tertiary/aromatic N) is 4. The third-order valence-corrected chi connectivity index (χ3v) is 6.20. The number of rotatable bonds is 8. The number of amides is 1. The summed E-state index contributed by atoms with van der Waals surface area (Å²) in [6.45, 7) is 2.03. The van der Waals surface area contributed by atoms with Crippen LogP contribution in [0.25, 0.3) is 5.82 Å². The first kappa shape index (κ1) is 21.9. The minimum Gasteiger partial charge on any atom is -0.493 e. The van der Waals surface area contributed by atoms with Gasteiger partial charge in [0.2, 0.25) is 11.7 Å². The number of benzene rings is 1. The van der Waals surface area contributed by atoms with Crippen LogP contribution >= 0.6 is 11.8 Å². The van der Waals surface area contributed by atoms with Gasteiger partial charge in [-0.15, -0.1) is 0 Å². The van der Waals surface area contributed by atoms with E-state index >= 15 is 0 Å². The summed E-state index contributed by atoms with van der Waals surface area (Å²) in [4.78, 5) is 21.2. The van der Waals surface area contributed by atoms with Gasteiger partial charge >= 0.3 is 0 Å². The van der Waals surface area contributed by atoms with Crippen molar-refractivity contribution >= 4 is 23.4 Å². The molecule has 1 N–H and O–H groups in total. The van der Waals surface area contributed by atoms with E-state index in [2.05, 4.69) is 20.4 Å². The lowest BCUT2D eigenvalue weighted by atomic mass is 10.2. The summed E-state index contributed by atoms with van der Waals surface area (Å²) in [5.41, 5.74) is 4.14. The van der Waals surface area contributed by atoms with E-state index in [-0.39, 0.29) is 11.7 Å². The minimum absolute atomic E-state index is 0.180. The van der Waals surface area contributed by atoms with E-state index in [4.69, 9.17) is 14.2 Å². The van der Waals surface area contributed by atoms with Crippen molar-refractivity contribution in [2.75, 3.05) is 32.4 Å². The summed E-state index contributed by atoms with van der Waals surface area (Å²) >= 11 is 1.33. The van der Waals surface area contributed by atoms with Gasteiger partial charge in [-0.25, -0.2) is 14.6 Å². The maximum absolute atomic E-state index is 12.5. The summed E-state index contributed by atoms with van der Waals surface area (Å²) in [6, 6.07) is 5.24. The molecule has 1 amide bonds. The molecule has 0 spiro atoms. The SMILES string of the molecule is COc1cc(NC(=O)CSc2cc(-n3nc(C)c4c3CCC4)ncn2)cc(OC)c1OC. The van der Waals surface area contributed by atoms with Crippen LogP contribution in [0.4, 0.5) is 5.69 Å². The smallest absolute Gasteiger partial charge is 0.234 e. The molecule has 1 aliphatic carbocycles. The second-order valence-corrected chi connectivity index (χ2v) is 8.24. The van der Waals surface area contributed by atoms with Crippen LogP contribution in [0.15, 0.2) is 29.6 Å². The standard InChI is InChI=1S/C22H25N5O4S/c1-13-15-6-5-7-16(15)27(26-13)19-10-21(24-12-23-19)32-11-20(28)25-14-8-17(29-2)22(31-4)18(9-14)30-3/h8-10,12H,5-7,11H2,1-4H3,(H,25,28). The normalized spacial score (nSPS) is 12.4. The number of fused-ring (bicyclic) bond motifs is 1. The first-order valence-corrected chi connectivity index (χ1v) is 11.1.